The van der Waals surface area contributed by atoms with Crippen LogP contribution in [0, 0.1) is 28.6 Å². The van der Waals surface area contributed by atoms with E-state index >= 15 is 0 Å². The Morgan fingerprint density at radius 2 is 1.19 bits per heavy atom. The molecule has 2 saturated carbocycles. The number of rotatable bonds is 31. The monoisotopic (exact) mass is 1390 g/mol. The predicted octanol–water partition coefficient (Wildman–Crippen LogP) is 9.28. The first-order valence-electron chi connectivity index (χ1n) is 36.3. The second-order valence-corrected chi connectivity index (χ2v) is 29.6. The van der Waals surface area contributed by atoms with Gasteiger partial charge in [-0.25, -0.2) is 0 Å². The van der Waals surface area contributed by atoms with Gasteiger partial charge >= 0.3 is 5.97 Å². The van der Waals surface area contributed by atoms with Gasteiger partial charge in [0.1, 0.15) is 18.1 Å². The predicted molar refractivity (Wildman–Crippen MR) is 386 cm³/mol. The first kappa shape index (κ1) is 76.9. The van der Waals surface area contributed by atoms with E-state index in [0.29, 0.717) is 50.4 Å². The van der Waals surface area contributed by atoms with Gasteiger partial charge in [-0.1, -0.05) is 128 Å². The van der Waals surface area contributed by atoms with Gasteiger partial charge in [-0.15, -0.1) is 0 Å². The minimum Gasteiger partial charge on any atom is -0.481 e. The first-order chi connectivity index (χ1) is 48.2. The molecule has 1 unspecified atom stereocenters. The van der Waals surface area contributed by atoms with Gasteiger partial charge in [-0.2, -0.15) is 0 Å². The van der Waals surface area contributed by atoms with Crippen LogP contribution >= 0.6 is 0 Å². The van der Waals surface area contributed by atoms with Crippen LogP contribution in [0.1, 0.15) is 184 Å². The molecule has 9 N–H and O–H groups in total. The van der Waals surface area contributed by atoms with Gasteiger partial charge in [-0.05, 0) is 163 Å². The van der Waals surface area contributed by atoms with Crippen LogP contribution in [0.2, 0.25) is 0 Å². The van der Waals surface area contributed by atoms with Crippen molar-refractivity contribution in [3.8, 4) is 0 Å². The van der Waals surface area contributed by atoms with Crippen molar-refractivity contribution in [2.24, 2.45) is 28.6 Å². The summed E-state index contributed by atoms with van der Waals surface area (Å²) in [6, 6.07) is 24.3. The molecule has 8 amide bonds. The Morgan fingerprint density at radius 3 is 1.82 bits per heavy atom. The minimum atomic E-state index is -1.30. The van der Waals surface area contributed by atoms with Gasteiger partial charge in [0.25, 0.3) is 0 Å². The lowest BCUT2D eigenvalue weighted by Gasteiger charge is -2.56. The fourth-order valence-corrected chi connectivity index (χ4v) is 16.6. The summed E-state index contributed by atoms with van der Waals surface area (Å²) in [5.74, 6) is -4.95. The number of benzene rings is 4. The van der Waals surface area contributed by atoms with Crippen molar-refractivity contribution in [2.45, 2.75) is 193 Å². The SMILES string of the molecule is CC1/C=C\c2ccccc2CN(C(=O)CCC(=O)NCCOCCOCCOCCOCCC(=O)N[C@@H](CCC(=O)O)C(=O)N[C@H](C(=O)N[C@@H](C)C(=O)Nc2ccc3c(c2)[C@@]2(C)CCC[C@](C)(C(=O)NC(=O)[C@@]4(C)CCC[C@]5(C)c6cc(N)ccc6CC[C@@H]45)[C@@H]2CC3)C(C)C)c2ccccc21. The zero-order valence-electron chi connectivity index (χ0n) is 60.2. The number of nitrogens with zero attached hydrogens (tertiary/aromatic N) is 1. The van der Waals surface area contributed by atoms with E-state index in [-0.39, 0.29) is 119 Å². The van der Waals surface area contributed by atoms with E-state index in [1.54, 1.807) is 18.7 Å². The van der Waals surface area contributed by atoms with Crippen molar-refractivity contribution >= 4 is 76.4 Å². The number of aryl methyl sites for hydroxylation is 2. The molecule has 546 valence electrons. The Bertz CT molecular complexity index is 3690. The molecule has 0 aromatic heterocycles. The Labute approximate surface area is 594 Å². The maximum atomic E-state index is 14.8. The second-order valence-electron chi connectivity index (χ2n) is 29.6. The molecule has 1 aliphatic heterocycles. The van der Waals surface area contributed by atoms with Crippen molar-refractivity contribution in [3.05, 3.63) is 130 Å². The van der Waals surface area contributed by atoms with Crippen molar-refractivity contribution in [3.63, 3.8) is 0 Å². The highest BCUT2D eigenvalue weighted by Crippen LogP contribution is 2.60. The number of anilines is 3. The number of nitrogens with one attached hydrogen (secondary N) is 6. The highest BCUT2D eigenvalue weighted by molar-refractivity contribution is 6.02. The van der Waals surface area contributed by atoms with Crippen LogP contribution in [0.3, 0.4) is 0 Å². The number of allylic oxidation sites excluding steroid dienone is 1. The number of carboxylic acid groups (broad SMARTS) is 1. The highest BCUT2D eigenvalue weighted by atomic mass is 16.6. The van der Waals surface area contributed by atoms with Crippen LogP contribution in [0.25, 0.3) is 6.08 Å². The summed E-state index contributed by atoms with van der Waals surface area (Å²) in [6.07, 6.45) is 11.4. The number of nitrogens with two attached hydrogens (primary N) is 1. The van der Waals surface area contributed by atoms with Crippen molar-refractivity contribution in [1.82, 2.24) is 26.6 Å². The summed E-state index contributed by atoms with van der Waals surface area (Å²) < 4.78 is 22.3. The number of imide groups is 1. The van der Waals surface area contributed by atoms with E-state index in [4.69, 9.17) is 24.7 Å². The number of ether oxygens (including phenoxy) is 4. The first-order valence-corrected chi connectivity index (χ1v) is 36.3. The van der Waals surface area contributed by atoms with Crippen LogP contribution in [-0.4, -0.2) is 136 Å². The van der Waals surface area contributed by atoms with Crippen LogP contribution < -0.4 is 42.5 Å². The van der Waals surface area contributed by atoms with Gasteiger partial charge < -0.3 is 61.3 Å². The molecule has 5 aliphatic rings. The molecule has 2 fully saturated rings. The maximum Gasteiger partial charge on any atom is 0.303 e. The summed E-state index contributed by atoms with van der Waals surface area (Å²) in [5, 5.41) is 26.3. The lowest BCUT2D eigenvalue weighted by Crippen LogP contribution is -2.60. The van der Waals surface area contributed by atoms with E-state index < -0.39 is 76.3 Å². The zero-order valence-corrected chi connectivity index (χ0v) is 60.2. The number of hydrogen-bond acceptors (Lipinski definition) is 14. The average Bonchev–Trinajstić information content (AvgIpc) is 0.879. The number of amides is 8. The molecule has 0 bridgehead atoms. The topological polar surface area (TPSA) is 312 Å². The van der Waals surface area contributed by atoms with Crippen LogP contribution in [0.15, 0.2) is 91.0 Å². The van der Waals surface area contributed by atoms with Crippen LogP contribution in [0.4, 0.5) is 17.1 Å². The summed E-state index contributed by atoms with van der Waals surface area (Å²) in [5.41, 5.74) is 13.9. The number of carboxylic acids is 1. The summed E-state index contributed by atoms with van der Waals surface area (Å²) in [6.45, 7) is 18.0. The van der Waals surface area contributed by atoms with Crippen molar-refractivity contribution in [2.75, 3.05) is 75.4 Å². The number of hydrogen-bond donors (Lipinski definition) is 8. The van der Waals surface area contributed by atoms with Gasteiger partial charge in [0.15, 0.2) is 0 Å². The lowest BCUT2D eigenvalue weighted by molar-refractivity contribution is -0.150. The largest absolute Gasteiger partial charge is 0.481 e. The molecule has 0 saturated heterocycles. The molecule has 10 atom stereocenters. The van der Waals surface area contributed by atoms with Crippen molar-refractivity contribution in [1.29, 1.82) is 0 Å². The van der Waals surface area contributed by atoms with E-state index in [2.05, 4.69) is 83.9 Å². The molecule has 9 rings (SSSR count). The lowest BCUT2D eigenvalue weighted by atomic mass is 9.49. The Morgan fingerprint density at radius 1 is 0.604 bits per heavy atom. The van der Waals surface area contributed by atoms with E-state index in [0.717, 1.165) is 78.5 Å². The molecule has 4 aliphatic carbocycles. The number of fused-ring (bicyclic) bond motifs is 8. The van der Waals surface area contributed by atoms with Crippen LogP contribution in [0.5, 0.6) is 0 Å². The van der Waals surface area contributed by atoms with Crippen LogP contribution in [-0.2, 0) is 92.3 Å². The Kier molecular flexibility index (Phi) is 26.3. The standard InChI is InChI=1S/C79H106N8O14/c1-50(2)70(73(95)82-52(4)71(93)83-58-26-22-55-24-29-65-77(6,61(55)48-58)35-14-37-79(65,8)75(97)86-74(96)78(7)36-13-34-76(5)60-47-57(80)25-21-54(60)23-28-64(76)78)85-72(94)62(27-32-69(91)92)84-67(89)33-39-98-41-43-100-45-46-101-44-42-99-40-38-81-66(88)30-31-68(90)87-49-56-16-10-9-15-53(56)20-19-51(3)59-17-11-12-18-63(59)87/h9-12,15-22,25-26,47-48,50-52,62,64-65,70H,13-14,23-24,27-46,49,80H2,1-8H3,(H,81,88)(H,82,95)(H,83,93)(H,84,89)(H,85,94)(H,91,92)(H,86,96,97)/b20-19-/t51?,52-,62-,64+,65+,70-,76+,77+,78-,79-/m0/s1. The average molecular weight is 1390 g/mol. The molecular weight excluding hydrogens is 1280 g/mol. The second kappa shape index (κ2) is 34.6. The molecule has 0 radical (unpaired) electrons. The fraction of sp³-hybridized carbons (Fsp3) is 0.557. The summed E-state index contributed by atoms with van der Waals surface area (Å²) >= 11 is 0. The van der Waals surface area contributed by atoms with Gasteiger partial charge in [0.05, 0.1) is 70.2 Å². The number of carbonyl (C=O) groups is 9. The quantitative estimate of drug-likeness (QED) is 0.0132. The van der Waals surface area contributed by atoms with E-state index in [1.807, 2.05) is 79.7 Å². The molecule has 1 heterocycles. The third-order valence-corrected chi connectivity index (χ3v) is 22.3. The molecule has 4 aromatic carbocycles. The van der Waals surface area contributed by atoms with Crippen molar-refractivity contribution < 1.29 is 67.2 Å². The number of para-hydroxylation sites is 1. The summed E-state index contributed by atoms with van der Waals surface area (Å²) in [4.78, 5) is 124. The Hall–Kier alpha value is -8.31. The van der Waals surface area contributed by atoms with Gasteiger partial charge in [0.2, 0.25) is 47.3 Å². The number of aliphatic carboxylic acids is 1. The zero-order chi connectivity index (χ0) is 72.7. The molecule has 101 heavy (non-hydrogen) atoms. The molecule has 22 nitrogen and oxygen atoms in total. The van der Waals surface area contributed by atoms with Gasteiger partial charge in [0, 0.05) is 55.2 Å². The normalized spacial score (nSPS) is 23.9. The maximum absolute atomic E-state index is 14.8. The third-order valence-electron chi connectivity index (χ3n) is 22.3. The fourth-order valence-electron chi connectivity index (χ4n) is 16.6. The third kappa shape index (κ3) is 18.7. The Balaban J connectivity index is 0.651. The van der Waals surface area contributed by atoms with Gasteiger partial charge in [-0.3, -0.25) is 48.5 Å². The van der Waals surface area contributed by atoms with E-state index in [1.165, 1.54) is 18.1 Å². The van der Waals surface area contributed by atoms with E-state index in [9.17, 15) is 48.3 Å². The highest BCUT2D eigenvalue weighted by Gasteiger charge is 2.59. The molecule has 0 spiro atoms. The molecule has 22 heteroatoms. The molecular formula is C79H106N8O14. The number of carbonyl (C=O) groups excluding carboxylic acids is 8. The molecule has 4 aromatic rings. The number of nitrogen functional groups attached to an aromatic ring is 1. The summed E-state index contributed by atoms with van der Waals surface area (Å²) in [7, 11) is 0. The smallest absolute Gasteiger partial charge is 0.303 e. The minimum absolute atomic E-state index is 0.0209.